The van der Waals surface area contributed by atoms with Gasteiger partial charge in [-0.2, -0.15) is 0 Å². The van der Waals surface area contributed by atoms with E-state index < -0.39 is 0 Å². The molecule has 41 heavy (non-hydrogen) atoms. The third kappa shape index (κ3) is 3.15. The van der Waals surface area contributed by atoms with Crippen molar-refractivity contribution in [3.8, 4) is 16.9 Å². The third-order valence-electron chi connectivity index (χ3n) is 9.30. The lowest BCUT2D eigenvalue weighted by atomic mass is 9.99. The molecule has 1 saturated carbocycles. The van der Waals surface area contributed by atoms with E-state index in [4.69, 9.17) is 9.97 Å². The fourth-order valence-corrected chi connectivity index (χ4v) is 7.02. The minimum absolute atomic E-state index is 0.252. The van der Waals surface area contributed by atoms with Gasteiger partial charge >= 0.3 is 0 Å². The molecule has 0 amide bonds. The summed E-state index contributed by atoms with van der Waals surface area (Å²) < 4.78 is 2.40. The highest BCUT2D eigenvalue weighted by Crippen LogP contribution is 2.61. The summed E-state index contributed by atoms with van der Waals surface area (Å²) in [5.74, 6) is 0.521. The quantitative estimate of drug-likeness (QED) is 0.210. The predicted octanol–water partition coefficient (Wildman–Crippen LogP) is 9.61. The lowest BCUT2D eigenvalue weighted by Gasteiger charge is -2.13. The Kier molecular flexibility index (Phi) is 4.45. The van der Waals surface area contributed by atoms with E-state index in [1.54, 1.807) is 0 Å². The van der Waals surface area contributed by atoms with Crippen LogP contribution in [0.2, 0.25) is 0 Å². The Morgan fingerprint density at radius 1 is 0.707 bits per heavy atom. The highest BCUT2D eigenvalue weighted by atomic mass is 15.0. The van der Waals surface area contributed by atoms with Crippen LogP contribution in [0.5, 0.6) is 0 Å². The largest absolute Gasteiger partial charge is 0.309 e. The molecule has 1 unspecified atom stereocenters. The van der Waals surface area contributed by atoms with Crippen LogP contribution >= 0.6 is 0 Å². The zero-order chi connectivity index (χ0) is 27.3. The summed E-state index contributed by atoms with van der Waals surface area (Å²) in [7, 11) is 0. The summed E-state index contributed by atoms with van der Waals surface area (Å²) in [5, 5.41) is 5.98. The minimum Gasteiger partial charge on any atom is -0.309 e. The molecule has 1 atom stereocenters. The average molecular weight is 526 g/mol. The van der Waals surface area contributed by atoms with Gasteiger partial charge in [-0.05, 0) is 40.5 Å². The number of benzene rings is 5. The van der Waals surface area contributed by atoms with E-state index in [1.807, 2.05) is 6.20 Å². The minimum atomic E-state index is 0.252. The molecule has 0 aliphatic heterocycles. The van der Waals surface area contributed by atoms with E-state index in [0.29, 0.717) is 5.92 Å². The monoisotopic (exact) mass is 525 g/mol. The summed E-state index contributed by atoms with van der Waals surface area (Å²) in [4.78, 5) is 10.2. The maximum Gasteiger partial charge on any atom is 0.0979 e. The fraction of sp³-hybridized carbons (Fsp3) is 0.105. The molecule has 1 fully saturated rings. The Hall–Kier alpha value is -5.02. The van der Waals surface area contributed by atoms with Crippen LogP contribution in [0.3, 0.4) is 0 Å². The average Bonchev–Trinajstić information content (AvgIpc) is 3.49. The molecular formula is C38H27N3. The van der Waals surface area contributed by atoms with Crippen LogP contribution in [0, 0.1) is 11.3 Å². The molecule has 9 rings (SSSR count). The van der Waals surface area contributed by atoms with Crippen LogP contribution in [-0.4, -0.2) is 14.5 Å². The second-order valence-corrected chi connectivity index (χ2v) is 11.9. The summed E-state index contributed by atoms with van der Waals surface area (Å²) in [6, 6.07) is 34.5. The molecule has 3 heteroatoms. The van der Waals surface area contributed by atoms with Crippen molar-refractivity contribution in [2.45, 2.75) is 13.8 Å². The van der Waals surface area contributed by atoms with Gasteiger partial charge in [-0.25, -0.2) is 4.98 Å². The summed E-state index contributed by atoms with van der Waals surface area (Å²) in [6.07, 6.45) is 9.09. The number of hydrogen-bond acceptors (Lipinski definition) is 2. The standard InChI is InChI=1S/C38H27N3/c1-38(2)31-18-19-35-30(21-32(31)38)27-14-7-8-17-34(27)41(35)24-11-9-10-23(20-24)33-22-39-36-28-15-5-3-12-25(28)26-13-4-6-16-29(26)37(36)40-33/h3-22,31H,1-2H3. The van der Waals surface area contributed by atoms with Crippen LogP contribution in [0.1, 0.15) is 25.1 Å². The van der Waals surface area contributed by atoms with E-state index in [0.717, 1.165) is 38.8 Å². The van der Waals surface area contributed by atoms with Crippen molar-refractivity contribution in [1.82, 2.24) is 14.5 Å². The van der Waals surface area contributed by atoms with Gasteiger partial charge in [0, 0.05) is 38.9 Å². The van der Waals surface area contributed by atoms with Crippen molar-refractivity contribution < 1.29 is 0 Å². The SMILES string of the molecule is CC1(C)C2=Cc3c(n(-c4cccc(-c5cnc6c7ccccc7c7ccccc7c6n5)c4)c4ccccc34)C=CC21. The summed E-state index contributed by atoms with van der Waals surface area (Å²) in [5.41, 5.74) is 10.5. The lowest BCUT2D eigenvalue weighted by Crippen LogP contribution is -1.99. The van der Waals surface area contributed by atoms with Crippen molar-refractivity contribution >= 4 is 55.6 Å². The molecule has 2 aliphatic rings. The predicted molar refractivity (Wildman–Crippen MR) is 171 cm³/mol. The molecule has 0 spiro atoms. The Balaban J connectivity index is 1.25. The molecule has 3 nitrogen and oxygen atoms in total. The van der Waals surface area contributed by atoms with Gasteiger partial charge in [0.2, 0.25) is 0 Å². The first-order valence-corrected chi connectivity index (χ1v) is 14.3. The van der Waals surface area contributed by atoms with Crippen LogP contribution in [0.25, 0.3) is 72.6 Å². The van der Waals surface area contributed by atoms with Crippen molar-refractivity contribution in [3.05, 3.63) is 126 Å². The first-order valence-electron chi connectivity index (χ1n) is 14.3. The molecule has 2 aromatic heterocycles. The molecule has 0 N–H and O–H groups in total. The molecule has 7 aromatic rings. The number of allylic oxidation sites excluding steroid dienone is 2. The van der Waals surface area contributed by atoms with Gasteiger partial charge in [-0.1, -0.05) is 110 Å². The van der Waals surface area contributed by atoms with E-state index in [1.165, 1.54) is 38.5 Å². The fourth-order valence-electron chi connectivity index (χ4n) is 7.02. The Morgan fingerprint density at radius 2 is 1.39 bits per heavy atom. The van der Waals surface area contributed by atoms with Crippen LogP contribution in [0.15, 0.2) is 115 Å². The van der Waals surface area contributed by atoms with Gasteiger partial charge in [0.15, 0.2) is 0 Å². The maximum absolute atomic E-state index is 5.25. The van der Waals surface area contributed by atoms with E-state index >= 15 is 0 Å². The molecule has 194 valence electrons. The molecule has 5 aromatic carbocycles. The number of aromatic nitrogens is 3. The molecule has 2 heterocycles. The molecule has 0 saturated heterocycles. The normalized spacial score (nSPS) is 17.0. The number of hydrogen-bond donors (Lipinski definition) is 0. The summed E-state index contributed by atoms with van der Waals surface area (Å²) in [6.45, 7) is 4.69. The number of nitrogens with zero attached hydrogens (tertiary/aromatic N) is 3. The Bertz CT molecular complexity index is 2260. The maximum atomic E-state index is 5.25. The van der Waals surface area contributed by atoms with Crippen molar-refractivity contribution in [2.75, 3.05) is 0 Å². The zero-order valence-corrected chi connectivity index (χ0v) is 23.0. The number of rotatable bonds is 2. The van der Waals surface area contributed by atoms with Gasteiger partial charge in [0.1, 0.15) is 0 Å². The first-order chi connectivity index (χ1) is 20.1. The van der Waals surface area contributed by atoms with E-state index in [9.17, 15) is 0 Å². The molecule has 2 aliphatic carbocycles. The van der Waals surface area contributed by atoms with Crippen LogP contribution in [0.4, 0.5) is 0 Å². The van der Waals surface area contributed by atoms with Crippen molar-refractivity contribution in [1.29, 1.82) is 0 Å². The third-order valence-corrected chi connectivity index (χ3v) is 9.30. The Labute approximate surface area is 238 Å². The first kappa shape index (κ1) is 22.8. The van der Waals surface area contributed by atoms with E-state index in [-0.39, 0.29) is 5.41 Å². The second kappa shape index (κ2) is 8.02. The second-order valence-electron chi connectivity index (χ2n) is 11.9. The zero-order valence-electron chi connectivity index (χ0n) is 23.0. The molecule has 0 bridgehead atoms. The van der Waals surface area contributed by atoms with Crippen molar-refractivity contribution in [3.63, 3.8) is 0 Å². The van der Waals surface area contributed by atoms with Crippen molar-refractivity contribution in [2.24, 2.45) is 11.3 Å². The van der Waals surface area contributed by atoms with E-state index in [2.05, 4.69) is 134 Å². The molecule has 0 radical (unpaired) electrons. The van der Waals surface area contributed by atoms with Gasteiger partial charge in [0.25, 0.3) is 0 Å². The highest BCUT2D eigenvalue weighted by Gasteiger charge is 2.51. The van der Waals surface area contributed by atoms with Gasteiger partial charge in [-0.15, -0.1) is 0 Å². The van der Waals surface area contributed by atoms with Gasteiger partial charge in [-0.3, -0.25) is 4.98 Å². The van der Waals surface area contributed by atoms with Gasteiger partial charge < -0.3 is 4.57 Å². The number of para-hydroxylation sites is 1. The van der Waals surface area contributed by atoms with Gasteiger partial charge in [0.05, 0.1) is 34.1 Å². The van der Waals surface area contributed by atoms with Crippen LogP contribution in [-0.2, 0) is 0 Å². The molecular weight excluding hydrogens is 498 g/mol. The lowest BCUT2D eigenvalue weighted by molar-refractivity contribution is 0.628. The highest BCUT2D eigenvalue weighted by molar-refractivity contribution is 6.23. The van der Waals surface area contributed by atoms with Crippen LogP contribution < -0.4 is 0 Å². The Morgan fingerprint density at radius 3 is 2.17 bits per heavy atom. The summed E-state index contributed by atoms with van der Waals surface area (Å²) >= 11 is 0. The topological polar surface area (TPSA) is 30.7 Å². The smallest absolute Gasteiger partial charge is 0.0979 e. The number of fused-ring (bicyclic) bond motifs is 10.